The molecule has 0 amide bonds. The van der Waals surface area contributed by atoms with Gasteiger partial charge in [0.1, 0.15) is 0 Å². The fourth-order valence-corrected chi connectivity index (χ4v) is 4.86. The normalized spacial score (nSPS) is 14.1. The Morgan fingerprint density at radius 3 is 0.854 bits per heavy atom. The maximum atomic E-state index is 11.4. The van der Waals surface area contributed by atoms with Crippen LogP contribution >= 0.6 is 0 Å². The van der Waals surface area contributed by atoms with Gasteiger partial charge in [-0.05, 0) is 12.8 Å². The second-order valence-corrected chi connectivity index (χ2v) is 14.8. The molecule has 0 radical (unpaired) electrons. The van der Waals surface area contributed by atoms with Gasteiger partial charge >= 0.3 is 22.0 Å². The Morgan fingerprint density at radius 2 is 0.707 bits per heavy atom. The fraction of sp³-hybridized carbons (Fsp3) is 1.00. The summed E-state index contributed by atoms with van der Waals surface area (Å²) in [5.41, 5.74) is -24.8. The summed E-state index contributed by atoms with van der Waals surface area (Å²) in [6.07, 6.45) is 5.54. The number of hydrogen-bond donors (Lipinski definition) is 1. The molecule has 0 aliphatic carbocycles. The molecule has 0 atom stereocenters. The highest BCUT2D eigenvalue weighted by atomic mass is 32.3. The molecule has 4 N–H and O–H groups in total. The SMILES string of the molecule is CCCCCC[N+](C)(C)C.O=S(=O)([N-]S(=O)(=O)C(F)(F)F)C(F)(F)F.O=S(=O)([N-]S(=O)(=O)C(F)(F)F)C(F)(F)F.[NH4+]. The number of alkyl halides is 12. The van der Waals surface area contributed by atoms with E-state index in [0.29, 0.717) is 0 Å². The third-order valence-electron chi connectivity index (χ3n) is 3.24. The zero-order valence-corrected chi connectivity index (χ0v) is 24.6. The van der Waals surface area contributed by atoms with E-state index < -0.39 is 62.1 Å². The number of rotatable bonds is 9. The largest absolute Gasteiger partial charge is 0.480 e. The van der Waals surface area contributed by atoms with Gasteiger partial charge in [-0.25, -0.2) is 33.7 Å². The van der Waals surface area contributed by atoms with Gasteiger partial charge in [-0.3, -0.25) is 0 Å². The van der Waals surface area contributed by atoms with Crippen molar-refractivity contribution in [2.45, 2.75) is 54.6 Å². The van der Waals surface area contributed by atoms with E-state index in [1.165, 1.54) is 32.2 Å². The van der Waals surface area contributed by atoms with E-state index in [1.807, 2.05) is 0 Å². The summed E-state index contributed by atoms with van der Waals surface area (Å²) in [5.74, 6) is 0. The Labute approximate surface area is 227 Å². The minimum atomic E-state index is -6.72. The maximum Gasteiger partial charge on any atom is 0.480 e. The molecule has 0 aromatic heterocycles. The zero-order valence-electron chi connectivity index (χ0n) is 21.3. The third-order valence-corrected chi connectivity index (χ3v) is 8.72. The van der Waals surface area contributed by atoms with Gasteiger partial charge in [0.25, 0.3) is 0 Å². The molecular formula is C13H26F12N4O8S4. The number of halogens is 12. The van der Waals surface area contributed by atoms with E-state index in [0.717, 1.165) is 12.7 Å². The third kappa shape index (κ3) is 18.2. The van der Waals surface area contributed by atoms with Crippen molar-refractivity contribution in [3.8, 4) is 0 Å². The first-order valence-electron chi connectivity index (χ1n) is 9.51. The van der Waals surface area contributed by atoms with Gasteiger partial charge in [-0.2, -0.15) is 52.7 Å². The van der Waals surface area contributed by atoms with Crippen LogP contribution in [0.3, 0.4) is 0 Å². The lowest BCUT2D eigenvalue weighted by molar-refractivity contribution is -0.870. The number of nitrogens with zero attached hydrogens (tertiary/aromatic N) is 3. The fourth-order valence-electron chi connectivity index (χ4n) is 1.44. The van der Waals surface area contributed by atoms with Crippen LogP contribution in [0.4, 0.5) is 52.7 Å². The van der Waals surface area contributed by atoms with E-state index in [4.69, 9.17) is 0 Å². The van der Waals surface area contributed by atoms with Gasteiger partial charge in [0.2, 0.25) is 0 Å². The van der Waals surface area contributed by atoms with E-state index >= 15 is 0 Å². The van der Waals surface area contributed by atoms with Crippen LogP contribution in [0.15, 0.2) is 0 Å². The zero-order chi connectivity index (χ0) is 33.4. The molecule has 0 aromatic carbocycles. The predicted octanol–water partition coefficient (Wildman–Crippen LogP) is 4.77. The molecule has 254 valence electrons. The Kier molecular flexibility index (Phi) is 17.7. The molecule has 0 aliphatic heterocycles. The first kappa shape index (κ1) is 46.7. The standard InChI is InChI=1S/C9H22N.2C2F6NO4S2.H3N/c1-5-6-7-8-9-10(2,3)4;2*3-1(4,5)14(10,11)9-15(12,13)2(6,7)8;/h5-9H2,1-4H3;;;1H3/q+1;2*-1;/p+1. The smallest absolute Gasteiger partial charge is 0.421 e. The lowest BCUT2D eigenvalue weighted by Gasteiger charge is -2.23. The maximum absolute atomic E-state index is 11.4. The number of unbranched alkanes of at least 4 members (excludes halogenated alkanes) is 3. The van der Waals surface area contributed by atoms with Crippen molar-refractivity contribution >= 4 is 40.1 Å². The lowest BCUT2D eigenvalue weighted by atomic mass is 10.2. The van der Waals surface area contributed by atoms with Gasteiger partial charge in [-0.15, -0.1) is 0 Å². The summed E-state index contributed by atoms with van der Waals surface area (Å²) in [7, 11) is -20.1. The molecule has 0 aromatic rings. The molecule has 12 nitrogen and oxygen atoms in total. The molecule has 0 rings (SSSR count). The highest BCUT2D eigenvalue weighted by molar-refractivity contribution is 8.13. The second kappa shape index (κ2) is 15.5. The van der Waals surface area contributed by atoms with E-state index in [-0.39, 0.29) is 6.15 Å². The monoisotopic (exact) mass is 722 g/mol. The van der Waals surface area contributed by atoms with Crippen LogP contribution in [0.2, 0.25) is 0 Å². The summed E-state index contributed by atoms with van der Waals surface area (Å²) in [6.45, 7) is 3.58. The quantitative estimate of drug-likeness (QED) is 0.199. The molecule has 0 saturated carbocycles. The molecule has 0 unspecified atom stereocenters. The Hall–Kier alpha value is -1.20. The van der Waals surface area contributed by atoms with Crippen molar-refractivity contribution in [3.05, 3.63) is 8.25 Å². The summed E-state index contributed by atoms with van der Waals surface area (Å²) >= 11 is 0. The first-order valence-corrected chi connectivity index (χ1v) is 15.3. The van der Waals surface area contributed by atoms with Crippen molar-refractivity contribution in [1.82, 2.24) is 6.15 Å². The van der Waals surface area contributed by atoms with Crippen LogP contribution in [0.5, 0.6) is 0 Å². The molecule has 28 heteroatoms. The van der Waals surface area contributed by atoms with Crippen LogP contribution in [-0.4, -0.2) is 87.9 Å². The number of hydrogen-bond acceptors (Lipinski definition) is 8. The Balaban J connectivity index is -0.000000253. The predicted molar refractivity (Wildman–Crippen MR) is 120 cm³/mol. The van der Waals surface area contributed by atoms with Crippen LogP contribution in [0, 0.1) is 0 Å². The molecule has 0 saturated heterocycles. The average molecular weight is 723 g/mol. The van der Waals surface area contributed by atoms with Gasteiger partial charge in [-0.1, -0.05) is 19.8 Å². The second-order valence-electron chi connectivity index (χ2n) is 7.91. The van der Waals surface area contributed by atoms with Crippen molar-refractivity contribution in [2.75, 3.05) is 27.7 Å². The minimum Gasteiger partial charge on any atom is -0.421 e. The van der Waals surface area contributed by atoms with Crippen LogP contribution in [0.1, 0.15) is 32.6 Å². The Bertz CT molecular complexity index is 1050. The van der Waals surface area contributed by atoms with Gasteiger partial charge < -0.3 is 18.9 Å². The highest BCUT2D eigenvalue weighted by Crippen LogP contribution is 2.37. The molecule has 0 bridgehead atoms. The van der Waals surface area contributed by atoms with Crippen molar-refractivity contribution in [3.63, 3.8) is 0 Å². The topological polar surface area (TPSA) is 201 Å². The molecule has 0 spiro atoms. The number of quaternary nitrogens is 2. The van der Waals surface area contributed by atoms with Gasteiger partial charge in [0.15, 0.2) is 40.1 Å². The highest BCUT2D eigenvalue weighted by Gasteiger charge is 2.48. The molecule has 0 aliphatic rings. The van der Waals surface area contributed by atoms with E-state index in [9.17, 15) is 86.4 Å². The molecule has 0 fully saturated rings. The van der Waals surface area contributed by atoms with Crippen LogP contribution in [-0.2, 0) is 40.1 Å². The van der Waals surface area contributed by atoms with Crippen LogP contribution < -0.4 is 6.15 Å². The summed E-state index contributed by atoms with van der Waals surface area (Å²) in [6, 6.07) is 0. The molecule has 0 heterocycles. The average Bonchev–Trinajstić information content (AvgIpc) is 2.60. The van der Waals surface area contributed by atoms with E-state index in [1.54, 1.807) is 0 Å². The minimum absolute atomic E-state index is 0. The van der Waals surface area contributed by atoms with E-state index in [2.05, 4.69) is 28.1 Å². The lowest BCUT2D eigenvalue weighted by Crippen LogP contribution is -2.35. The van der Waals surface area contributed by atoms with Crippen molar-refractivity contribution in [1.29, 1.82) is 0 Å². The van der Waals surface area contributed by atoms with Gasteiger partial charge in [0, 0.05) is 0 Å². The first-order chi connectivity index (χ1) is 17.0. The Morgan fingerprint density at radius 1 is 0.488 bits per heavy atom. The molecular weight excluding hydrogens is 696 g/mol. The van der Waals surface area contributed by atoms with Crippen molar-refractivity contribution < 1.29 is 90.8 Å². The number of sulfonamides is 4. The van der Waals surface area contributed by atoms with Crippen molar-refractivity contribution in [2.24, 2.45) is 0 Å². The van der Waals surface area contributed by atoms with Crippen LogP contribution in [0.25, 0.3) is 8.25 Å². The molecule has 41 heavy (non-hydrogen) atoms. The summed E-state index contributed by atoms with van der Waals surface area (Å²) < 4.78 is 219. The summed E-state index contributed by atoms with van der Waals surface area (Å²) in [5, 5.41) is 0. The summed E-state index contributed by atoms with van der Waals surface area (Å²) in [4.78, 5) is 0. The van der Waals surface area contributed by atoms with Gasteiger partial charge in [0.05, 0.1) is 27.7 Å².